The fourth-order valence-corrected chi connectivity index (χ4v) is 1.74. The zero-order chi connectivity index (χ0) is 10.9. The molecule has 84 valence electrons. The average Bonchev–Trinajstić information content (AvgIpc) is 2.29. The van der Waals surface area contributed by atoms with Crippen LogP contribution in [0.3, 0.4) is 0 Å². The third kappa shape index (κ3) is 3.08. The number of nitrogens with zero attached hydrogens (tertiary/aromatic N) is 1. The van der Waals surface area contributed by atoms with Crippen LogP contribution in [-0.4, -0.2) is 58.0 Å². The van der Waals surface area contributed by atoms with Gasteiger partial charge < -0.3 is 10.2 Å². The van der Waals surface area contributed by atoms with Gasteiger partial charge in [0, 0.05) is 19.6 Å². The summed E-state index contributed by atoms with van der Waals surface area (Å²) in [5.41, 5.74) is 0. The van der Waals surface area contributed by atoms with Crippen LogP contribution in [0.15, 0.2) is 0 Å². The Morgan fingerprint density at radius 3 is 2.07 bits per heavy atom. The minimum absolute atomic E-state index is 0.0827. The number of halogens is 4. The smallest absolute Gasteiger partial charge is 0.389 e. The molecule has 7 heteroatoms. The van der Waals surface area contributed by atoms with Crippen molar-refractivity contribution >= 4 is 15.9 Å². The molecule has 0 aromatic rings. The van der Waals surface area contributed by atoms with Gasteiger partial charge >= 0.3 is 6.18 Å². The van der Waals surface area contributed by atoms with Crippen molar-refractivity contribution in [2.45, 2.75) is 23.2 Å². The summed E-state index contributed by atoms with van der Waals surface area (Å²) in [6, 6.07) is 0. The van der Waals surface area contributed by atoms with Crippen LogP contribution in [0.2, 0.25) is 0 Å². The Bertz CT molecular complexity index is 192. The second-order valence-corrected chi connectivity index (χ2v) is 4.47. The molecule has 0 saturated carbocycles. The highest BCUT2D eigenvalue weighted by atomic mass is 79.9. The van der Waals surface area contributed by atoms with Crippen LogP contribution in [0, 0.1) is 0 Å². The molecule has 0 radical (unpaired) electrons. The Kier molecular flexibility index (Phi) is 3.79. The summed E-state index contributed by atoms with van der Waals surface area (Å²) >= 11 is 2.52. The van der Waals surface area contributed by atoms with E-state index in [1.807, 2.05) is 0 Å². The molecule has 1 heterocycles. The van der Waals surface area contributed by atoms with E-state index in [-0.39, 0.29) is 19.6 Å². The summed E-state index contributed by atoms with van der Waals surface area (Å²) in [6.07, 6.45) is -6.18. The molecule has 1 saturated heterocycles. The van der Waals surface area contributed by atoms with Crippen molar-refractivity contribution in [1.29, 1.82) is 0 Å². The molecule has 3 atom stereocenters. The summed E-state index contributed by atoms with van der Waals surface area (Å²) in [7, 11) is 0. The molecule has 0 aromatic carbocycles. The molecule has 0 aliphatic carbocycles. The Morgan fingerprint density at radius 2 is 1.71 bits per heavy atom. The van der Waals surface area contributed by atoms with Crippen LogP contribution in [0.4, 0.5) is 13.2 Å². The lowest BCUT2D eigenvalue weighted by Crippen LogP contribution is -2.36. The summed E-state index contributed by atoms with van der Waals surface area (Å²) in [5.74, 6) is 0. The van der Waals surface area contributed by atoms with Gasteiger partial charge in [-0.1, -0.05) is 15.9 Å². The molecule has 0 aromatic heterocycles. The molecule has 3 nitrogen and oxygen atoms in total. The molecule has 1 aliphatic heterocycles. The molecule has 0 amide bonds. The molecular formula is C7H11BrF3NO2. The summed E-state index contributed by atoms with van der Waals surface area (Å²) in [6.45, 7) is -0.0870. The number of rotatable bonds is 2. The fraction of sp³-hybridized carbons (Fsp3) is 1.00. The number of hydrogen-bond acceptors (Lipinski definition) is 3. The first-order valence-corrected chi connectivity index (χ1v) is 5.01. The maximum atomic E-state index is 12.1. The number of likely N-dealkylation sites (tertiary alicyclic amines) is 1. The predicted octanol–water partition coefficient (Wildman–Crippen LogP) is 0.350. The molecule has 1 rings (SSSR count). The van der Waals surface area contributed by atoms with Crippen LogP contribution in [0.5, 0.6) is 0 Å². The Balaban J connectivity index is 2.40. The normalized spacial score (nSPS) is 32.1. The zero-order valence-corrected chi connectivity index (χ0v) is 8.79. The van der Waals surface area contributed by atoms with E-state index in [2.05, 4.69) is 15.9 Å². The molecule has 2 N–H and O–H groups in total. The molecule has 1 fully saturated rings. The van der Waals surface area contributed by atoms with E-state index in [0.29, 0.717) is 0 Å². The van der Waals surface area contributed by atoms with Gasteiger partial charge in [-0.3, -0.25) is 4.90 Å². The van der Waals surface area contributed by atoms with E-state index in [1.54, 1.807) is 0 Å². The first-order chi connectivity index (χ1) is 6.30. The molecule has 0 bridgehead atoms. The van der Waals surface area contributed by atoms with Gasteiger partial charge in [-0.25, -0.2) is 0 Å². The fourth-order valence-electron chi connectivity index (χ4n) is 1.33. The van der Waals surface area contributed by atoms with Gasteiger partial charge in [0.15, 0.2) is 0 Å². The number of hydrogen-bond donors (Lipinski definition) is 2. The van der Waals surface area contributed by atoms with Crippen LogP contribution >= 0.6 is 15.9 Å². The number of β-amino-alcohol motifs (C(OH)–C–C–N with tert-alkyl or cyclic N) is 2. The van der Waals surface area contributed by atoms with Crippen LogP contribution in [-0.2, 0) is 0 Å². The van der Waals surface area contributed by atoms with Crippen LogP contribution < -0.4 is 0 Å². The van der Waals surface area contributed by atoms with Gasteiger partial charge in [0.25, 0.3) is 0 Å². The maximum absolute atomic E-state index is 12.1. The van der Waals surface area contributed by atoms with E-state index in [4.69, 9.17) is 10.2 Å². The largest absolute Gasteiger partial charge is 0.402 e. The minimum Gasteiger partial charge on any atom is -0.389 e. The Labute approximate surface area is 87.6 Å². The van der Waals surface area contributed by atoms with Crippen molar-refractivity contribution in [2.75, 3.05) is 19.6 Å². The zero-order valence-electron chi connectivity index (χ0n) is 7.21. The lowest BCUT2D eigenvalue weighted by molar-refractivity contribution is -0.130. The Morgan fingerprint density at radius 1 is 1.29 bits per heavy atom. The SMILES string of the molecule is OC1CN(CC(Br)C(F)(F)F)CC1O. The van der Waals surface area contributed by atoms with E-state index in [0.717, 1.165) is 0 Å². The van der Waals surface area contributed by atoms with Crippen molar-refractivity contribution in [3.05, 3.63) is 0 Å². The van der Waals surface area contributed by atoms with Crippen molar-refractivity contribution in [3.63, 3.8) is 0 Å². The average molecular weight is 278 g/mol. The predicted molar refractivity (Wildman–Crippen MR) is 47.2 cm³/mol. The van der Waals surface area contributed by atoms with Crippen molar-refractivity contribution in [3.8, 4) is 0 Å². The highest BCUT2D eigenvalue weighted by molar-refractivity contribution is 9.09. The van der Waals surface area contributed by atoms with Gasteiger partial charge in [0.05, 0.1) is 12.2 Å². The lowest BCUT2D eigenvalue weighted by Gasteiger charge is -2.20. The number of alkyl halides is 4. The molecule has 14 heavy (non-hydrogen) atoms. The third-order valence-corrected chi connectivity index (χ3v) is 2.92. The highest BCUT2D eigenvalue weighted by Crippen LogP contribution is 2.27. The first kappa shape index (κ1) is 12.2. The van der Waals surface area contributed by atoms with Crippen LogP contribution in [0.1, 0.15) is 0 Å². The van der Waals surface area contributed by atoms with Crippen molar-refractivity contribution in [2.24, 2.45) is 0 Å². The topological polar surface area (TPSA) is 43.7 Å². The molecular weight excluding hydrogens is 267 g/mol. The van der Waals surface area contributed by atoms with Gasteiger partial charge in [-0.2, -0.15) is 13.2 Å². The van der Waals surface area contributed by atoms with Crippen LogP contribution in [0.25, 0.3) is 0 Å². The van der Waals surface area contributed by atoms with E-state index < -0.39 is 23.2 Å². The summed E-state index contributed by atoms with van der Waals surface area (Å²) in [5, 5.41) is 18.2. The Hall–Kier alpha value is 0.150. The second-order valence-electron chi connectivity index (χ2n) is 3.36. The van der Waals surface area contributed by atoms with Gasteiger partial charge in [0.2, 0.25) is 0 Å². The van der Waals surface area contributed by atoms with Gasteiger partial charge in [-0.05, 0) is 0 Å². The van der Waals surface area contributed by atoms with Crippen molar-refractivity contribution in [1.82, 2.24) is 4.90 Å². The molecule has 3 unspecified atom stereocenters. The monoisotopic (exact) mass is 277 g/mol. The molecule has 0 spiro atoms. The standard InChI is InChI=1S/C7H11BrF3NO2/c8-6(7(9,10)11)3-12-1-4(13)5(14)2-12/h4-6,13-14H,1-3H2. The quantitative estimate of drug-likeness (QED) is 0.716. The second kappa shape index (κ2) is 4.34. The van der Waals surface area contributed by atoms with E-state index >= 15 is 0 Å². The molecule has 1 aliphatic rings. The number of aliphatic hydroxyl groups excluding tert-OH is 2. The van der Waals surface area contributed by atoms with Gasteiger partial charge in [0.1, 0.15) is 4.83 Å². The lowest BCUT2D eigenvalue weighted by atomic mass is 10.3. The van der Waals surface area contributed by atoms with Gasteiger partial charge in [-0.15, -0.1) is 0 Å². The summed E-state index contributed by atoms with van der Waals surface area (Å²) < 4.78 is 36.3. The number of aliphatic hydroxyl groups is 2. The summed E-state index contributed by atoms with van der Waals surface area (Å²) in [4.78, 5) is -0.241. The van der Waals surface area contributed by atoms with E-state index in [1.165, 1.54) is 4.90 Å². The van der Waals surface area contributed by atoms with E-state index in [9.17, 15) is 13.2 Å². The first-order valence-electron chi connectivity index (χ1n) is 4.10. The highest BCUT2D eigenvalue weighted by Gasteiger charge is 2.40. The maximum Gasteiger partial charge on any atom is 0.402 e. The minimum atomic E-state index is -4.29. The van der Waals surface area contributed by atoms with Crippen molar-refractivity contribution < 1.29 is 23.4 Å². The third-order valence-electron chi connectivity index (χ3n) is 2.11.